The fourth-order valence-electron chi connectivity index (χ4n) is 2.81. The van der Waals surface area contributed by atoms with E-state index in [-0.39, 0.29) is 0 Å². The molecule has 55 heavy (non-hydrogen) atoms. The van der Waals surface area contributed by atoms with Crippen LogP contribution >= 0.6 is 0 Å². The van der Waals surface area contributed by atoms with E-state index in [4.69, 9.17) is 10.2 Å². The molecular weight excluding hydrogens is 896 g/mol. The average molecular weight is 898 g/mol. The Labute approximate surface area is 275 Å². The summed E-state index contributed by atoms with van der Waals surface area (Å²) in [7, 11) is 0. The standard InChI is InChI=1S/C20H2F32O3/c21-1(3(23)9(29,30)13(36,37)16(42,43)17(44,45)15(40,41)11(33,34)7(53)54)2(22)4(24)12(35,55)8(27,28)5(25)6(26)10(31,32)14(38,39)18(46,47)19(48,49)20(50,51)52/h55H,(H,53,54)/b3-1-,4-2+,6-5-/t12-/m1/s1. The monoisotopic (exact) mass is 898 g/mol. The highest BCUT2D eigenvalue weighted by Crippen LogP contribution is 2.63. The predicted molar refractivity (Wildman–Crippen MR) is 102 cm³/mol. The SMILES string of the molecule is O=C(O)C(F)(F)C(F)(F)C(F)(F)C(F)(F)C(F)(F)C(F)(F)/C(F)=C(F)\C(F)=C(/F)[C@](O)(F)C(F)(F)/C(F)=C(/F)C(F)(F)C(F)(F)C(F)(F)C(F)(F)C(F)(F)F. The van der Waals surface area contributed by atoms with Crippen molar-refractivity contribution in [1.29, 1.82) is 0 Å². The first kappa shape index (κ1) is 51.4. The molecule has 0 aliphatic carbocycles. The van der Waals surface area contributed by atoms with Gasteiger partial charge in [0, 0.05) is 0 Å². The largest absolute Gasteiger partial charge is 0.477 e. The van der Waals surface area contributed by atoms with Gasteiger partial charge in [-0.25, -0.2) is 31.1 Å². The average Bonchev–Trinajstić information content (AvgIpc) is 3.00. The van der Waals surface area contributed by atoms with E-state index >= 15 is 0 Å². The molecule has 0 bridgehead atoms. The molecule has 1 atom stereocenters. The molecule has 35 heteroatoms. The summed E-state index contributed by atoms with van der Waals surface area (Å²) in [5.74, 6) is -142. The zero-order chi connectivity index (χ0) is 45.5. The Kier molecular flexibility index (Phi) is 12.6. The Bertz CT molecular complexity index is 1590. The van der Waals surface area contributed by atoms with Crippen LogP contribution in [0.5, 0.6) is 0 Å². The number of carboxylic acid groups (broad SMARTS) is 1. The van der Waals surface area contributed by atoms with E-state index in [1.807, 2.05) is 0 Å². The molecule has 324 valence electrons. The van der Waals surface area contributed by atoms with E-state index in [0.29, 0.717) is 0 Å². The van der Waals surface area contributed by atoms with Crippen molar-refractivity contribution >= 4 is 5.97 Å². The summed E-state index contributed by atoms with van der Waals surface area (Å²) in [6.07, 6.45) is -8.10. The Morgan fingerprint density at radius 1 is 0.309 bits per heavy atom. The van der Waals surface area contributed by atoms with Crippen molar-refractivity contribution in [1.82, 2.24) is 0 Å². The second-order valence-corrected chi connectivity index (χ2v) is 9.63. The van der Waals surface area contributed by atoms with Crippen LogP contribution in [-0.4, -0.2) is 93.4 Å². The van der Waals surface area contributed by atoms with Crippen molar-refractivity contribution in [3.05, 3.63) is 35.0 Å². The minimum atomic E-state index is -9.14. The highest BCUT2D eigenvalue weighted by Gasteiger charge is 2.92. The maximum absolute atomic E-state index is 14.0. The summed E-state index contributed by atoms with van der Waals surface area (Å²) in [5.41, 5.74) is 0. The maximum atomic E-state index is 14.0. The molecule has 0 amide bonds. The van der Waals surface area contributed by atoms with E-state index in [0.717, 1.165) is 0 Å². The highest BCUT2D eigenvalue weighted by atomic mass is 19.4. The second kappa shape index (κ2) is 13.5. The molecule has 0 aromatic carbocycles. The number of carboxylic acids is 1. The van der Waals surface area contributed by atoms with Gasteiger partial charge >= 0.3 is 83.1 Å². The van der Waals surface area contributed by atoms with Crippen LogP contribution in [-0.2, 0) is 4.79 Å². The number of allylic oxidation sites excluding steroid dienone is 4. The molecule has 0 saturated heterocycles. The van der Waals surface area contributed by atoms with Crippen LogP contribution in [0.1, 0.15) is 0 Å². The summed E-state index contributed by atoms with van der Waals surface area (Å²) in [5, 5.41) is 16.3. The van der Waals surface area contributed by atoms with Gasteiger partial charge in [0.1, 0.15) is 0 Å². The van der Waals surface area contributed by atoms with Crippen LogP contribution < -0.4 is 0 Å². The van der Waals surface area contributed by atoms with Crippen molar-refractivity contribution in [2.24, 2.45) is 0 Å². The molecule has 3 nitrogen and oxygen atoms in total. The lowest BCUT2D eigenvalue weighted by Gasteiger charge is -2.40. The number of aliphatic carboxylic acids is 1. The number of hydrogen-bond acceptors (Lipinski definition) is 2. The van der Waals surface area contributed by atoms with Crippen LogP contribution in [0, 0.1) is 0 Å². The molecule has 0 rings (SSSR count). The first-order valence-electron chi connectivity index (χ1n) is 11.4. The van der Waals surface area contributed by atoms with Gasteiger partial charge in [0.25, 0.3) is 0 Å². The van der Waals surface area contributed by atoms with Gasteiger partial charge < -0.3 is 10.2 Å². The van der Waals surface area contributed by atoms with Crippen LogP contribution in [0.15, 0.2) is 35.0 Å². The number of rotatable bonds is 15. The zero-order valence-corrected chi connectivity index (χ0v) is 23.4. The fraction of sp³-hybridized carbons (Fsp3) is 0.650. The number of hydrogen-bond donors (Lipinski definition) is 2. The number of carbonyl (C=O) groups is 1. The normalized spacial score (nSPS) is 18.3. The molecule has 0 aliphatic rings. The Hall–Kier alpha value is -3.59. The first-order valence-corrected chi connectivity index (χ1v) is 11.4. The number of alkyl halides is 26. The Morgan fingerprint density at radius 2 is 0.545 bits per heavy atom. The molecule has 0 heterocycles. The molecule has 0 fully saturated rings. The lowest BCUT2D eigenvalue weighted by molar-refractivity contribution is -0.419. The van der Waals surface area contributed by atoms with Gasteiger partial charge in [0.15, 0.2) is 11.7 Å². The van der Waals surface area contributed by atoms with Gasteiger partial charge in [-0.1, -0.05) is 0 Å². The molecule has 0 aromatic heterocycles. The van der Waals surface area contributed by atoms with Gasteiger partial charge in [-0.05, 0) is 0 Å². The summed E-state index contributed by atoms with van der Waals surface area (Å²) >= 11 is 0. The zero-order valence-electron chi connectivity index (χ0n) is 23.4. The molecule has 0 radical (unpaired) electrons. The Morgan fingerprint density at radius 3 is 0.836 bits per heavy atom. The molecule has 0 spiro atoms. The van der Waals surface area contributed by atoms with E-state index in [1.54, 1.807) is 0 Å². The summed E-state index contributed by atoms with van der Waals surface area (Å²) in [6, 6.07) is 0. The summed E-state index contributed by atoms with van der Waals surface area (Å²) in [6.45, 7) is 0. The van der Waals surface area contributed by atoms with Crippen molar-refractivity contribution in [2.75, 3.05) is 0 Å². The topological polar surface area (TPSA) is 57.5 Å². The lowest BCUT2D eigenvalue weighted by atomic mass is 9.90. The van der Waals surface area contributed by atoms with Crippen molar-refractivity contribution in [3.8, 4) is 0 Å². The maximum Gasteiger partial charge on any atom is 0.460 e. The molecule has 0 unspecified atom stereocenters. The van der Waals surface area contributed by atoms with Gasteiger partial charge in [-0.3, -0.25) is 0 Å². The van der Waals surface area contributed by atoms with Gasteiger partial charge in [0.2, 0.25) is 23.3 Å². The summed E-state index contributed by atoms with van der Waals surface area (Å²) in [4.78, 5) is 10.00. The quantitative estimate of drug-likeness (QED) is 0.127. The van der Waals surface area contributed by atoms with Crippen LogP contribution in [0.25, 0.3) is 0 Å². The summed E-state index contributed by atoms with van der Waals surface area (Å²) < 4.78 is 427. The van der Waals surface area contributed by atoms with E-state index in [2.05, 4.69) is 0 Å². The Balaban J connectivity index is 7.63. The van der Waals surface area contributed by atoms with Crippen molar-refractivity contribution in [2.45, 2.75) is 77.2 Å². The molecule has 2 N–H and O–H groups in total. The van der Waals surface area contributed by atoms with E-state index in [1.165, 1.54) is 0 Å². The van der Waals surface area contributed by atoms with Crippen LogP contribution in [0.2, 0.25) is 0 Å². The first-order chi connectivity index (χ1) is 23.4. The van der Waals surface area contributed by atoms with Crippen molar-refractivity contribution in [3.63, 3.8) is 0 Å². The van der Waals surface area contributed by atoms with Crippen molar-refractivity contribution < 1.29 is 156 Å². The lowest BCUT2D eigenvalue weighted by Crippen LogP contribution is -2.71. The van der Waals surface area contributed by atoms with Gasteiger partial charge in [-0.2, -0.15) is 114 Å². The molecule has 0 aromatic rings. The van der Waals surface area contributed by atoms with Gasteiger partial charge in [0.05, 0.1) is 0 Å². The smallest absolute Gasteiger partial charge is 0.460 e. The van der Waals surface area contributed by atoms with Crippen LogP contribution in [0.3, 0.4) is 0 Å². The minimum absolute atomic E-state index is 4.65. The number of aliphatic hydroxyl groups is 1. The molecule has 0 saturated carbocycles. The third kappa shape index (κ3) is 6.74. The van der Waals surface area contributed by atoms with Gasteiger partial charge in [-0.15, -0.1) is 0 Å². The van der Waals surface area contributed by atoms with E-state index < -0.39 is 118 Å². The third-order valence-electron chi connectivity index (χ3n) is 6.08. The molecule has 0 aliphatic heterocycles. The highest BCUT2D eigenvalue weighted by molar-refractivity contribution is 5.77. The number of halogens is 32. The fourth-order valence-corrected chi connectivity index (χ4v) is 2.81. The molecular formula is C20H2F32O3. The minimum Gasteiger partial charge on any atom is -0.477 e. The second-order valence-electron chi connectivity index (χ2n) is 9.63. The third-order valence-corrected chi connectivity index (χ3v) is 6.08. The van der Waals surface area contributed by atoms with E-state index in [9.17, 15) is 145 Å². The predicted octanol–water partition coefficient (Wildman–Crippen LogP) is 10.7. The van der Waals surface area contributed by atoms with Crippen LogP contribution in [0.4, 0.5) is 140 Å².